The fourth-order valence-electron chi connectivity index (χ4n) is 3.79. The lowest BCUT2D eigenvalue weighted by Crippen LogP contribution is -3.11. The predicted octanol–water partition coefficient (Wildman–Crippen LogP) is 0.249. The van der Waals surface area contributed by atoms with Gasteiger partial charge in [-0.3, -0.25) is 4.79 Å². The summed E-state index contributed by atoms with van der Waals surface area (Å²) >= 11 is 0. The Morgan fingerprint density at radius 1 is 1.36 bits per heavy atom. The van der Waals surface area contributed by atoms with Gasteiger partial charge in [0.15, 0.2) is 6.54 Å². The molecule has 0 aliphatic carbocycles. The number of benzene rings is 1. The van der Waals surface area contributed by atoms with E-state index in [-0.39, 0.29) is 12.2 Å². The molecule has 2 aliphatic rings. The number of carbonyl (C=O) groups is 1. The molecule has 2 aromatic rings. The van der Waals surface area contributed by atoms with Crippen LogP contribution in [0.1, 0.15) is 16.8 Å². The van der Waals surface area contributed by atoms with E-state index in [0.717, 1.165) is 17.9 Å². The topological polar surface area (TPSA) is 59.0 Å². The van der Waals surface area contributed by atoms with Crippen LogP contribution in [0.15, 0.2) is 18.2 Å². The first kappa shape index (κ1) is 16.6. The van der Waals surface area contributed by atoms with Gasteiger partial charge in [-0.05, 0) is 19.1 Å². The van der Waals surface area contributed by atoms with Crippen LogP contribution in [-0.2, 0) is 27.2 Å². The summed E-state index contributed by atoms with van der Waals surface area (Å²) in [5.74, 6) is 0.197. The van der Waals surface area contributed by atoms with Gasteiger partial charge in [0.25, 0.3) is 5.91 Å². The van der Waals surface area contributed by atoms with Gasteiger partial charge >= 0.3 is 0 Å². The number of nitrogens with zero attached hydrogens (tertiary/aromatic N) is 1. The van der Waals surface area contributed by atoms with Crippen molar-refractivity contribution < 1.29 is 19.2 Å². The highest BCUT2D eigenvalue weighted by atomic mass is 16.7. The Morgan fingerprint density at radius 2 is 2.16 bits per heavy atom. The van der Waals surface area contributed by atoms with E-state index >= 15 is 0 Å². The Bertz CT molecular complexity index is 780. The van der Waals surface area contributed by atoms with Gasteiger partial charge in [0.1, 0.15) is 6.54 Å². The van der Waals surface area contributed by atoms with Crippen LogP contribution < -0.4 is 4.90 Å². The molecule has 25 heavy (non-hydrogen) atoms. The van der Waals surface area contributed by atoms with E-state index < -0.39 is 0 Å². The second kappa shape index (κ2) is 6.78. The maximum Gasteiger partial charge on any atom is 0.278 e. The lowest BCUT2D eigenvalue weighted by atomic mass is 10.0. The van der Waals surface area contributed by atoms with Crippen molar-refractivity contribution in [3.05, 3.63) is 35.0 Å². The number of hydrogen-bond acceptors (Lipinski definition) is 3. The molecular weight excluding hydrogens is 318 g/mol. The molecule has 6 heteroatoms. The second-order valence-corrected chi connectivity index (χ2v) is 7.21. The van der Waals surface area contributed by atoms with Crippen LogP contribution in [0.3, 0.4) is 0 Å². The number of aromatic nitrogens is 1. The number of carbonyl (C=O) groups excluding carboxylic acids is 1. The number of quaternary nitrogens is 1. The van der Waals surface area contributed by atoms with E-state index in [9.17, 15) is 4.79 Å². The Labute approximate surface area is 147 Å². The molecule has 0 spiro atoms. The first-order valence-electron chi connectivity index (χ1n) is 9.02. The van der Waals surface area contributed by atoms with Gasteiger partial charge in [0, 0.05) is 41.7 Å². The zero-order chi connectivity index (χ0) is 17.4. The van der Waals surface area contributed by atoms with Gasteiger partial charge in [-0.2, -0.15) is 0 Å². The third kappa shape index (κ3) is 3.42. The zero-order valence-corrected chi connectivity index (χ0v) is 14.9. The molecule has 2 aliphatic heterocycles. The van der Waals surface area contributed by atoms with E-state index in [2.05, 4.69) is 30.1 Å². The molecule has 1 unspecified atom stereocenters. The van der Waals surface area contributed by atoms with Crippen molar-refractivity contribution >= 4 is 16.8 Å². The van der Waals surface area contributed by atoms with Crippen molar-refractivity contribution in [2.75, 3.05) is 39.9 Å². The molecule has 134 valence electrons. The van der Waals surface area contributed by atoms with E-state index in [1.165, 1.54) is 27.7 Å². The van der Waals surface area contributed by atoms with Gasteiger partial charge < -0.3 is 24.3 Å². The van der Waals surface area contributed by atoms with E-state index in [1.54, 1.807) is 0 Å². The molecule has 1 atom stereocenters. The maximum atomic E-state index is 12.7. The number of amides is 1. The van der Waals surface area contributed by atoms with Crippen molar-refractivity contribution in [1.29, 1.82) is 0 Å². The molecule has 2 N–H and O–H groups in total. The first-order chi connectivity index (χ1) is 12.1. The highest BCUT2D eigenvalue weighted by Crippen LogP contribution is 2.28. The molecule has 0 bridgehead atoms. The predicted molar refractivity (Wildman–Crippen MR) is 94.5 cm³/mol. The number of fused-ring (bicyclic) bond motifs is 3. The number of aryl methyl sites for hydroxylation is 1. The van der Waals surface area contributed by atoms with Gasteiger partial charge in [-0.15, -0.1) is 0 Å². The summed E-state index contributed by atoms with van der Waals surface area (Å²) in [4.78, 5) is 19.4. The van der Waals surface area contributed by atoms with Crippen LogP contribution in [0.25, 0.3) is 10.9 Å². The summed E-state index contributed by atoms with van der Waals surface area (Å²) in [5.41, 5.74) is 4.97. The van der Waals surface area contributed by atoms with Gasteiger partial charge in [0.2, 0.25) is 6.29 Å². The molecule has 1 fully saturated rings. The van der Waals surface area contributed by atoms with Gasteiger partial charge in [0.05, 0.1) is 20.3 Å². The molecule has 0 radical (unpaired) electrons. The summed E-state index contributed by atoms with van der Waals surface area (Å²) in [5, 5.41) is 1.25. The van der Waals surface area contributed by atoms with Crippen LogP contribution >= 0.6 is 0 Å². The number of likely N-dealkylation sites (N-methyl/N-ethyl adjacent to an activating group) is 1. The summed E-state index contributed by atoms with van der Waals surface area (Å²) in [7, 11) is 2.02. The number of hydrogen-bond donors (Lipinski definition) is 2. The van der Waals surface area contributed by atoms with E-state index in [1.807, 2.05) is 11.9 Å². The van der Waals surface area contributed by atoms with E-state index in [0.29, 0.717) is 32.8 Å². The summed E-state index contributed by atoms with van der Waals surface area (Å²) in [6, 6.07) is 6.47. The smallest absolute Gasteiger partial charge is 0.278 e. The highest BCUT2D eigenvalue weighted by Gasteiger charge is 2.27. The Kier molecular flexibility index (Phi) is 4.50. The molecule has 0 saturated carbocycles. The van der Waals surface area contributed by atoms with Crippen molar-refractivity contribution in [3.63, 3.8) is 0 Å². The van der Waals surface area contributed by atoms with E-state index in [4.69, 9.17) is 9.47 Å². The number of H-pyrrole nitrogens is 1. The normalized spacial score (nSPS) is 19.4. The van der Waals surface area contributed by atoms with Crippen LogP contribution in [-0.4, -0.2) is 62.0 Å². The quantitative estimate of drug-likeness (QED) is 0.836. The minimum Gasteiger partial charge on any atom is -0.358 e. The minimum absolute atomic E-state index is 0.169. The monoisotopic (exact) mass is 344 g/mol. The molecule has 4 rings (SSSR count). The fraction of sp³-hybridized carbons (Fsp3) is 0.526. The molecule has 1 aromatic carbocycles. The van der Waals surface area contributed by atoms with Crippen LogP contribution in [0.4, 0.5) is 0 Å². The summed E-state index contributed by atoms with van der Waals surface area (Å²) in [6.07, 6.45) is 0.722. The minimum atomic E-state index is -0.169. The largest absolute Gasteiger partial charge is 0.358 e. The average Bonchev–Trinajstić information content (AvgIpc) is 3.21. The Morgan fingerprint density at radius 3 is 2.96 bits per heavy atom. The fourth-order valence-corrected chi connectivity index (χ4v) is 3.79. The zero-order valence-electron chi connectivity index (χ0n) is 14.9. The number of ether oxygens (including phenoxy) is 2. The standard InChI is InChI=1S/C19H25N3O3/c1-13-3-4-16-14(9-13)15-10-22(6-5-17(15)20-16)18(23)11-21(2)12-19-24-7-8-25-19/h3-4,9,19-20H,5-8,10-12H2,1-2H3/p+1. The molecule has 1 amide bonds. The van der Waals surface area contributed by atoms with Crippen molar-refractivity contribution in [3.8, 4) is 0 Å². The average molecular weight is 344 g/mol. The first-order valence-corrected chi connectivity index (χ1v) is 9.02. The third-order valence-corrected chi connectivity index (χ3v) is 5.14. The number of nitrogens with one attached hydrogen (secondary N) is 2. The van der Waals surface area contributed by atoms with Gasteiger partial charge in [-0.25, -0.2) is 0 Å². The molecule has 3 heterocycles. The number of rotatable bonds is 4. The molecule has 6 nitrogen and oxygen atoms in total. The molecular formula is C19H26N3O3+. The van der Waals surface area contributed by atoms with Crippen molar-refractivity contribution in [2.24, 2.45) is 0 Å². The Balaban J connectivity index is 1.43. The Hall–Kier alpha value is -1.89. The summed E-state index contributed by atoms with van der Waals surface area (Å²) < 4.78 is 10.9. The molecule has 1 saturated heterocycles. The number of aromatic amines is 1. The van der Waals surface area contributed by atoms with Crippen molar-refractivity contribution in [2.45, 2.75) is 26.2 Å². The lowest BCUT2D eigenvalue weighted by Gasteiger charge is -2.28. The third-order valence-electron chi connectivity index (χ3n) is 5.14. The van der Waals surface area contributed by atoms with Crippen LogP contribution in [0, 0.1) is 6.92 Å². The van der Waals surface area contributed by atoms with Crippen LogP contribution in [0.5, 0.6) is 0 Å². The lowest BCUT2D eigenvalue weighted by molar-refractivity contribution is -0.877. The second-order valence-electron chi connectivity index (χ2n) is 7.21. The summed E-state index contributed by atoms with van der Waals surface area (Å²) in [6.45, 7) is 6.07. The van der Waals surface area contributed by atoms with Gasteiger partial charge in [-0.1, -0.05) is 11.6 Å². The van der Waals surface area contributed by atoms with Crippen molar-refractivity contribution in [1.82, 2.24) is 9.88 Å². The maximum absolute atomic E-state index is 12.7. The SMILES string of the molecule is Cc1ccc2[nH]c3c(c2c1)CN(C(=O)C[NH+](C)CC1OCCO1)CC3. The highest BCUT2D eigenvalue weighted by molar-refractivity contribution is 5.86. The molecule has 1 aromatic heterocycles. The van der Waals surface area contributed by atoms with Crippen LogP contribution in [0.2, 0.25) is 0 Å².